The molecule has 3 aromatic rings. The zero-order valence-corrected chi connectivity index (χ0v) is 14.9. The van der Waals surface area contributed by atoms with Gasteiger partial charge < -0.3 is 14.6 Å². The summed E-state index contributed by atoms with van der Waals surface area (Å²) in [6, 6.07) is 15.5. The number of carbonyl (C=O) groups is 1. The molecule has 0 unspecified atom stereocenters. The Morgan fingerprint density at radius 3 is 2.54 bits per heavy atom. The minimum Gasteiger partial charge on any atom is -0.494 e. The number of aromatic nitrogens is 2. The molecule has 0 atom stereocenters. The predicted octanol–water partition coefficient (Wildman–Crippen LogP) is 3.77. The minimum atomic E-state index is -0.0268. The van der Waals surface area contributed by atoms with Gasteiger partial charge in [0.1, 0.15) is 5.75 Å². The zero-order chi connectivity index (χ0) is 18.2. The second-order valence-electron chi connectivity index (χ2n) is 6.14. The average Bonchev–Trinajstić information content (AvgIpc) is 3.20. The summed E-state index contributed by atoms with van der Waals surface area (Å²) in [6.07, 6.45) is 7.19. The highest BCUT2D eigenvalue weighted by Gasteiger charge is 2.03. The van der Waals surface area contributed by atoms with Crippen LogP contribution in [-0.2, 0) is 0 Å². The third-order valence-corrected chi connectivity index (χ3v) is 4.08. The van der Waals surface area contributed by atoms with Gasteiger partial charge in [0.15, 0.2) is 0 Å². The Hall–Kier alpha value is -3.08. The number of carbonyl (C=O) groups excluding carboxylic acids is 1. The van der Waals surface area contributed by atoms with E-state index < -0.39 is 0 Å². The molecule has 1 N–H and O–H groups in total. The first-order valence-electron chi connectivity index (χ1n) is 8.78. The quantitative estimate of drug-likeness (QED) is 0.630. The summed E-state index contributed by atoms with van der Waals surface area (Å²) in [5, 5.41) is 2.94. The van der Waals surface area contributed by atoms with Gasteiger partial charge in [-0.05, 0) is 56.2 Å². The molecule has 5 heteroatoms. The minimum absolute atomic E-state index is 0.0268. The smallest absolute Gasteiger partial charge is 0.251 e. The number of aryl methyl sites for hydroxylation is 1. The summed E-state index contributed by atoms with van der Waals surface area (Å²) >= 11 is 0. The van der Waals surface area contributed by atoms with Crippen LogP contribution in [-0.4, -0.2) is 28.6 Å². The monoisotopic (exact) mass is 349 g/mol. The van der Waals surface area contributed by atoms with Crippen molar-refractivity contribution in [3.63, 3.8) is 0 Å². The van der Waals surface area contributed by atoms with Crippen molar-refractivity contribution in [1.29, 1.82) is 0 Å². The number of nitrogens with one attached hydrogen (secondary N) is 1. The van der Waals surface area contributed by atoms with Crippen LogP contribution in [0.5, 0.6) is 5.75 Å². The topological polar surface area (TPSA) is 56.1 Å². The summed E-state index contributed by atoms with van der Waals surface area (Å²) in [5.41, 5.74) is 2.90. The molecule has 3 rings (SSSR count). The predicted molar refractivity (Wildman–Crippen MR) is 102 cm³/mol. The number of imidazole rings is 1. The van der Waals surface area contributed by atoms with Crippen LogP contribution in [0.3, 0.4) is 0 Å². The van der Waals surface area contributed by atoms with E-state index in [-0.39, 0.29) is 5.91 Å². The highest BCUT2D eigenvalue weighted by atomic mass is 16.5. The molecule has 0 aliphatic carbocycles. The van der Waals surface area contributed by atoms with Crippen LogP contribution in [0.4, 0.5) is 0 Å². The Labute approximate surface area is 153 Å². The van der Waals surface area contributed by atoms with E-state index in [1.54, 1.807) is 12.5 Å². The molecular weight excluding hydrogens is 326 g/mol. The van der Waals surface area contributed by atoms with E-state index in [9.17, 15) is 4.79 Å². The van der Waals surface area contributed by atoms with Crippen LogP contribution in [0.1, 0.15) is 28.8 Å². The molecule has 0 saturated carbocycles. The maximum Gasteiger partial charge on any atom is 0.251 e. The van der Waals surface area contributed by atoms with Gasteiger partial charge in [-0.25, -0.2) is 4.98 Å². The number of hydrogen-bond donors (Lipinski definition) is 1. The maximum atomic E-state index is 12.0. The summed E-state index contributed by atoms with van der Waals surface area (Å²) < 4.78 is 7.69. The summed E-state index contributed by atoms with van der Waals surface area (Å²) in [7, 11) is 0. The number of hydrogen-bond acceptors (Lipinski definition) is 3. The Kier molecular flexibility index (Phi) is 6.04. The van der Waals surface area contributed by atoms with E-state index in [4.69, 9.17) is 4.74 Å². The molecule has 134 valence electrons. The Balaban J connectivity index is 1.33. The molecule has 26 heavy (non-hydrogen) atoms. The zero-order valence-electron chi connectivity index (χ0n) is 14.9. The molecule has 2 aromatic carbocycles. The van der Waals surface area contributed by atoms with Crippen LogP contribution < -0.4 is 10.1 Å². The van der Waals surface area contributed by atoms with Crippen molar-refractivity contribution in [2.45, 2.75) is 19.8 Å². The molecule has 0 radical (unpaired) electrons. The van der Waals surface area contributed by atoms with E-state index in [2.05, 4.69) is 10.3 Å². The summed E-state index contributed by atoms with van der Waals surface area (Å²) in [4.78, 5) is 16.0. The Morgan fingerprint density at radius 1 is 1.08 bits per heavy atom. The molecule has 0 aliphatic rings. The van der Waals surface area contributed by atoms with Gasteiger partial charge in [0, 0.05) is 30.2 Å². The molecule has 0 fully saturated rings. The van der Waals surface area contributed by atoms with E-state index in [1.807, 2.05) is 66.2 Å². The fourth-order valence-corrected chi connectivity index (χ4v) is 2.55. The lowest BCUT2D eigenvalue weighted by atomic mass is 10.1. The van der Waals surface area contributed by atoms with E-state index >= 15 is 0 Å². The molecule has 0 saturated heterocycles. The largest absolute Gasteiger partial charge is 0.494 e. The first-order valence-corrected chi connectivity index (χ1v) is 8.78. The van der Waals surface area contributed by atoms with Crippen molar-refractivity contribution in [2.24, 2.45) is 0 Å². The number of rotatable bonds is 8. The molecule has 1 heterocycles. The SMILES string of the molecule is Cc1ccc(C(=O)NCCCCOc2ccc(-n3ccnc3)cc2)cc1. The molecule has 0 aliphatic heterocycles. The van der Waals surface area contributed by atoms with E-state index in [0.29, 0.717) is 18.7 Å². The highest BCUT2D eigenvalue weighted by molar-refractivity contribution is 5.94. The standard InChI is InChI=1S/C21H23N3O2/c1-17-4-6-18(7-5-17)21(25)23-12-2-3-15-26-20-10-8-19(9-11-20)24-14-13-22-16-24/h4-11,13-14,16H,2-3,12,15H2,1H3,(H,23,25). The summed E-state index contributed by atoms with van der Waals surface area (Å²) in [5.74, 6) is 0.818. The lowest BCUT2D eigenvalue weighted by molar-refractivity contribution is 0.0952. The Bertz CT molecular complexity index is 809. The fourth-order valence-electron chi connectivity index (χ4n) is 2.55. The van der Waals surface area contributed by atoms with Gasteiger partial charge in [0.05, 0.1) is 12.9 Å². The van der Waals surface area contributed by atoms with Gasteiger partial charge in [-0.2, -0.15) is 0 Å². The Morgan fingerprint density at radius 2 is 1.85 bits per heavy atom. The fraction of sp³-hybridized carbons (Fsp3) is 0.238. The molecule has 0 bridgehead atoms. The van der Waals surface area contributed by atoms with Crippen molar-refractivity contribution in [3.8, 4) is 11.4 Å². The van der Waals surface area contributed by atoms with Crippen molar-refractivity contribution >= 4 is 5.91 Å². The lowest BCUT2D eigenvalue weighted by Crippen LogP contribution is -2.24. The van der Waals surface area contributed by atoms with Gasteiger partial charge in [0.2, 0.25) is 0 Å². The van der Waals surface area contributed by atoms with Crippen LogP contribution in [0.15, 0.2) is 67.3 Å². The van der Waals surface area contributed by atoms with Gasteiger partial charge in [-0.1, -0.05) is 17.7 Å². The van der Waals surface area contributed by atoms with Crippen molar-refractivity contribution in [3.05, 3.63) is 78.4 Å². The van der Waals surface area contributed by atoms with Gasteiger partial charge in [-0.15, -0.1) is 0 Å². The lowest BCUT2D eigenvalue weighted by Gasteiger charge is -2.08. The number of benzene rings is 2. The second-order valence-corrected chi connectivity index (χ2v) is 6.14. The van der Waals surface area contributed by atoms with Crippen LogP contribution in [0.2, 0.25) is 0 Å². The second kappa shape index (κ2) is 8.85. The first-order chi connectivity index (χ1) is 12.7. The average molecular weight is 349 g/mol. The number of unbranched alkanes of at least 4 members (excludes halogenated alkanes) is 1. The number of amides is 1. The van der Waals surface area contributed by atoms with Crippen LogP contribution in [0.25, 0.3) is 5.69 Å². The third kappa shape index (κ3) is 4.96. The van der Waals surface area contributed by atoms with Crippen LogP contribution >= 0.6 is 0 Å². The van der Waals surface area contributed by atoms with E-state index in [0.717, 1.165) is 29.8 Å². The highest BCUT2D eigenvalue weighted by Crippen LogP contribution is 2.15. The maximum absolute atomic E-state index is 12.0. The normalized spacial score (nSPS) is 10.5. The van der Waals surface area contributed by atoms with Gasteiger partial charge >= 0.3 is 0 Å². The molecule has 5 nitrogen and oxygen atoms in total. The van der Waals surface area contributed by atoms with E-state index in [1.165, 1.54) is 0 Å². The van der Waals surface area contributed by atoms with Crippen LogP contribution in [0, 0.1) is 6.92 Å². The third-order valence-electron chi connectivity index (χ3n) is 4.08. The van der Waals surface area contributed by atoms with Crippen molar-refractivity contribution in [1.82, 2.24) is 14.9 Å². The molecule has 0 spiro atoms. The van der Waals surface area contributed by atoms with Gasteiger partial charge in [0.25, 0.3) is 5.91 Å². The van der Waals surface area contributed by atoms with Crippen molar-refractivity contribution < 1.29 is 9.53 Å². The summed E-state index contributed by atoms with van der Waals surface area (Å²) in [6.45, 7) is 3.29. The number of ether oxygens (including phenoxy) is 1. The molecule has 1 aromatic heterocycles. The molecular formula is C21H23N3O2. The first kappa shape index (κ1) is 17.7. The number of nitrogens with zero attached hydrogens (tertiary/aromatic N) is 2. The van der Waals surface area contributed by atoms with Gasteiger partial charge in [-0.3, -0.25) is 4.79 Å². The molecule has 1 amide bonds. The van der Waals surface area contributed by atoms with Crippen molar-refractivity contribution in [2.75, 3.05) is 13.2 Å².